The number of nitrogens with one attached hydrogen (secondary N) is 1. The molecule has 0 unspecified atom stereocenters. The van der Waals surface area contributed by atoms with Gasteiger partial charge >= 0.3 is 0 Å². The SMILES string of the molecule is C=CCN(C)S(=O)(=O)c1cc(Cl)cc(CNCC)c1C. The third-order valence-electron chi connectivity index (χ3n) is 3.07. The molecule has 112 valence electrons. The van der Waals surface area contributed by atoms with Crippen LogP contribution in [0.1, 0.15) is 18.1 Å². The highest BCUT2D eigenvalue weighted by Gasteiger charge is 2.23. The third-order valence-corrected chi connectivity index (χ3v) is 5.24. The molecule has 6 heteroatoms. The molecule has 0 amide bonds. The number of benzene rings is 1. The van der Waals surface area contributed by atoms with Crippen LogP contribution in [0.25, 0.3) is 0 Å². The van der Waals surface area contributed by atoms with Crippen LogP contribution in [0.3, 0.4) is 0 Å². The van der Waals surface area contributed by atoms with E-state index >= 15 is 0 Å². The van der Waals surface area contributed by atoms with Gasteiger partial charge in [-0.05, 0) is 36.7 Å². The summed E-state index contributed by atoms with van der Waals surface area (Å²) >= 11 is 6.06. The molecule has 0 heterocycles. The van der Waals surface area contributed by atoms with E-state index < -0.39 is 10.0 Å². The minimum absolute atomic E-state index is 0.252. The van der Waals surface area contributed by atoms with Crippen molar-refractivity contribution in [2.24, 2.45) is 0 Å². The standard InChI is InChI=1S/C14H21ClN2O2S/c1-5-7-17(4)20(18,19)14-9-13(15)8-12(11(14)3)10-16-6-2/h5,8-9,16H,1,6-7,10H2,2-4H3. The van der Waals surface area contributed by atoms with E-state index in [0.717, 1.165) is 17.7 Å². The molecule has 0 radical (unpaired) electrons. The summed E-state index contributed by atoms with van der Waals surface area (Å²) in [7, 11) is -2.02. The zero-order chi connectivity index (χ0) is 15.3. The first-order chi connectivity index (χ1) is 9.34. The Hall–Kier alpha value is -0.880. The first kappa shape index (κ1) is 17.2. The fourth-order valence-corrected chi connectivity index (χ4v) is 3.60. The van der Waals surface area contributed by atoms with Crippen LogP contribution < -0.4 is 5.32 Å². The van der Waals surface area contributed by atoms with Crippen LogP contribution in [-0.4, -0.2) is 32.9 Å². The highest BCUT2D eigenvalue weighted by Crippen LogP contribution is 2.26. The number of nitrogens with zero attached hydrogens (tertiary/aromatic N) is 1. The topological polar surface area (TPSA) is 49.4 Å². The van der Waals surface area contributed by atoms with Gasteiger partial charge in [-0.25, -0.2) is 8.42 Å². The Labute approximate surface area is 126 Å². The van der Waals surface area contributed by atoms with Crippen molar-refractivity contribution in [1.82, 2.24) is 9.62 Å². The van der Waals surface area contributed by atoms with Crippen molar-refractivity contribution in [3.63, 3.8) is 0 Å². The van der Waals surface area contributed by atoms with E-state index in [0.29, 0.717) is 11.6 Å². The maximum absolute atomic E-state index is 12.5. The van der Waals surface area contributed by atoms with Crippen LogP contribution in [0, 0.1) is 6.92 Å². The van der Waals surface area contributed by atoms with Crippen molar-refractivity contribution in [3.05, 3.63) is 40.9 Å². The molecule has 0 saturated carbocycles. The van der Waals surface area contributed by atoms with E-state index in [9.17, 15) is 8.42 Å². The summed E-state index contributed by atoms with van der Waals surface area (Å²) in [5, 5.41) is 3.61. The second-order valence-corrected chi connectivity index (χ2v) is 6.99. The lowest BCUT2D eigenvalue weighted by atomic mass is 10.1. The molecule has 1 N–H and O–H groups in total. The lowest BCUT2D eigenvalue weighted by Crippen LogP contribution is -2.28. The quantitative estimate of drug-likeness (QED) is 0.787. The summed E-state index contributed by atoms with van der Waals surface area (Å²) in [5.74, 6) is 0. The second-order valence-electron chi connectivity index (χ2n) is 4.54. The molecule has 0 spiro atoms. The molecule has 1 aromatic carbocycles. The van der Waals surface area contributed by atoms with Crippen molar-refractivity contribution in [3.8, 4) is 0 Å². The highest BCUT2D eigenvalue weighted by atomic mass is 35.5. The van der Waals surface area contributed by atoms with Crippen molar-refractivity contribution < 1.29 is 8.42 Å². The summed E-state index contributed by atoms with van der Waals surface area (Å²) in [5.41, 5.74) is 1.62. The molecule has 0 fully saturated rings. The van der Waals surface area contributed by atoms with Crippen LogP contribution in [0.5, 0.6) is 0 Å². The molecular formula is C14H21ClN2O2S. The average Bonchev–Trinajstić information content (AvgIpc) is 2.39. The summed E-state index contributed by atoms with van der Waals surface area (Å²) in [4.78, 5) is 0.252. The third kappa shape index (κ3) is 3.82. The maximum atomic E-state index is 12.5. The zero-order valence-corrected chi connectivity index (χ0v) is 13.7. The Balaban J connectivity index is 3.30. The van der Waals surface area contributed by atoms with E-state index in [1.54, 1.807) is 19.1 Å². The highest BCUT2D eigenvalue weighted by molar-refractivity contribution is 7.89. The lowest BCUT2D eigenvalue weighted by molar-refractivity contribution is 0.498. The Morgan fingerprint density at radius 2 is 2.10 bits per heavy atom. The maximum Gasteiger partial charge on any atom is 0.243 e. The molecule has 1 aromatic rings. The minimum Gasteiger partial charge on any atom is -0.313 e. The molecule has 0 aromatic heterocycles. The van der Waals surface area contributed by atoms with E-state index in [1.165, 1.54) is 17.4 Å². The van der Waals surface area contributed by atoms with Gasteiger partial charge in [0.1, 0.15) is 0 Å². The van der Waals surface area contributed by atoms with Crippen LogP contribution >= 0.6 is 11.6 Å². The zero-order valence-electron chi connectivity index (χ0n) is 12.1. The number of hydrogen-bond acceptors (Lipinski definition) is 3. The predicted octanol–water partition coefficient (Wildman–Crippen LogP) is 2.56. The molecule has 0 saturated heterocycles. The number of hydrogen-bond donors (Lipinski definition) is 1. The smallest absolute Gasteiger partial charge is 0.243 e. The van der Waals surface area contributed by atoms with E-state index in [2.05, 4.69) is 11.9 Å². The summed E-state index contributed by atoms with van der Waals surface area (Å²) < 4.78 is 26.3. The van der Waals surface area contributed by atoms with Gasteiger partial charge in [0.05, 0.1) is 4.90 Å². The van der Waals surface area contributed by atoms with Crippen LogP contribution in [0.4, 0.5) is 0 Å². The summed E-state index contributed by atoms with van der Waals surface area (Å²) in [6.45, 7) is 9.03. The Morgan fingerprint density at radius 3 is 2.65 bits per heavy atom. The van der Waals surface area contributed by atoms with Gasteiger partial charge in [0.25, 0.3) is 0 Å². The van der Waals surface area contributed by atoms with Crippen LogP contribution in [0.2, 0.25) is 5.02 Å². The van der Waals surface area contributed by atoms with Gasteiger partial charge in [-0.2, -0.15) is 4.31 Å². The van der Waals surface area contributed by atoms with Gasteiger partial charge in [0.15, 0.2) is 0 Å². The molecule has 0 bridgehead atoms. The number of sulfonamides is 1. The fourth-order valence-electron chi connectivity index (χ4n) is 1.87. The molecule has 4 nitrogen and oxygen atoms in total. The number of halogens is 1. The van der Waals surface area contributed by atoms with E-state index in [1.807, 2.05) is 6.92 Å². The van der Waals surface area contributed by atoms with Crippen molar-refractivity contribution in [1.29, 1.82) is 0 Å². The van der Waals surface area contributed by atoms with Gasteiger partial charge in [-0.15, -0.1) is 6.58 Å². The van der Waals surface area contributed by atoms with E-state index in [4.69, 9.17) is 11.6 Å². The Kier molecular flexibility index (Phi) is 6.20. The van der Waals surface area contributed by atoms with Gasteiger partial charge in [0.2, 0.25) is 10.0 Å². The molecule has 0 aliphatic rings. The summed E-state index contributed by atoms with van der Waals surface area (Å²) in [6.07, 6.45) is 1.55. The van der Waals surface area contributed by atoms with E-state index in [-0.39, 0.29) is 11.4 Å². The van der Waals surface area contributed by atoms with Gasteiger partial charge < -0.3 is 5.32 Å². The first-order valence-electron chi connectivity index (χ1n) is 6.41. The molecule has 0 aliphatic heterocycles. The normalized spacial score (nSPS) is 11.8. The summed E-state index contributed by atoms with van der Waals surface area (Å²) in [6, 6.07) is 3.30. The first-order valence-corrected chi connectivity index (χ1v) is 8.23. The lowest BCUT2D eigenvalue weighted by Gasteiger charge is -2.19. The average molecular weight is 317 g/mol. The molecule has 1 rings (SSSR count). The van der Waals surface area contributed by atoms with Crippen molar-refractivity contribution >= 4 is 21.6 Å². The minimum atomic E-state index is -3.55. The molecule has 0 atom stereocenters. The fraction of sp³-hybridized carbons (Fsp3) is 0.429. The largest absolute Gasteiger partial charge is 0.313 e. The Bertz CT molecular complexity index is 585. The molecule has 20 heavy (non-hydrogen) atoms. The van der Waals surface area contributed by atoms with Gasteiger partial charge in [-0.1, -0.05) is 24.6 Å². The van der Waals surface area contributed by atoms with Crippen molar-refractivity contribution in [2.45, 2.75) is 25.3 Å². The van der Waals surface area contributed by atoms with Crippen LogP contribution in [-0.2, 0) is 16.6 Å². The predicted molar refractivity (Wildman–Crippen MR) is 83.6 cm³/mol. The molecular weight excluding hydrogens is 296 g/mol. The second kappa shape index (κ2) is 7.22. The number of likely N-dealkylation sites (N-methyl/N-ethyl adjacent to an activating group) is 1. The van der Waals surface area contributed by atoms with Crippen LogP contribution in [0.15, 0.2) is 29.7 Å². The Morgan fingerprint density at radius 1 is 1.45 bits per heavy atom. The monoisotopic (exact) mass is 316 g/mol. The number of rotatable bonds is 7. The van der Waals surface area contributed by atoms with Gasteiger partial charge in [-0.3, -0.25) is 0 Å². The molecule has 0 aliphatic carbocycles. The van der Waals surface area contributed by atoms with Crippen molar-refractivity contribution in [2.75, 3.05) is 20.1 Å². The van der Waals surface area contributed by atoms with Gasteiger partial charge in [0, 0.05) is 25.2 Å².